The summed E-state index contributed by atoms with van der Waals surface area (Å²) in [4.78, 5) is 35.9. The summed E-state index contributed by atoms with van der Waals surface area (Å²) in [5, 5.41) is 11.4. The molecule has 0 aliphatic carbocycles. The van der Waals surface area contributed by atoms with E-state index in [1.54, 1.807) is 67.1 Å². The highest BCUT2D eigenvalue weighted by atomic mass is 35.5. The lowest BCUT2D eigenvalue weighted by atomic mass is 9.98. The second-order valence-electron chi connectivity index (χ2n) is 7.11. The Morgan fingerprint density at radius 3 is 2.59 bits per heavy atom. The van der Waals surface area contributed by atoms with Crippen LogP contribution in [0.1, 0.15) is 29.8 Å². The average Bonchev–Trinajstić information content (AvgIpc) is 3.06. The summed E-state index contributed by atoms with van der Waals surface area (Å²) < 4.78 is 5.50. The molecule has 3 aromatic rings. The number of halogens is 1. The number of aliphatic hydroxyl groups excluding tert-OH is 1. The second kappa shape index (κ2) is 9.20. The standard InChI is InChI=1S/C24H20ClN3O4/c1-2-32-16-6-7-18(25)17(13-16)22(29)20-21(19-5-3-4-10-27-19)28(24(31)23(20)30)14-15-8-11-26-12-9-15/h3-13,21,29H,2,14H2,1H3/b22-20+. The molecule has 2 aromatic heterocycles. The van der Waals surface area contributed by atoms with Crippen molar-refractivity contribution >= 4 is 29.1 Å². The zero-order valence-corrected chi connectivity index (χ0v) is 18.0. The molecule has 7 nitrogen and oxygen atoms in total. The van der Waals surface area contributed by atoms with Gasteiger partial charge in [-0.05, 0) is 55.0 Å². The van der Waals surface area contributed by atoms with Gasteiger partial charge in [-0.2, -0.15) is 0 Å². The van der Waals surface area contributed by atoms with E-state index in [2.05, 4.69) is 9.97 Å². The molecule has 1 saturated heterocycles. The first-order valence-corrected chi connectivity index (χ1v) is 10.4. The topological polar surface area (TPSA) is 92.6 Å². The molecule has 1 aromatic carbocycles. The number of nitrogens with zero attached hydrogens (tertiary/aromatic N) is 3. The van der Waals surface area contributed by atoms with Crippen LogP contribution in [0.5, 0.6) is 5.75 Å². The van der Waals surface area contributed by atoms with Crippen LogP contribution >= 0.6 is 11.6 Å². The number of likely N-dealkylation sites (tertiary alicyclic amines) is 1. The average molecular weight is 450 g/mol. The molecule has 1 aliphatic rings. The van der Waals surface area contributed by atoms with Crippen molar-refractivity contribution in [1.29, 1.82) is 0 Å². The van der Waals surface area contributed by atoms with E-state index in [0.717, 1.165) is 5.56 Å². The molecule has 32 heavy (non-hydrogen) atoms. The molecule has 0 radical (unpaired) electrons. The van der Waals surface area contributed by atoms with Gasteiger partial charge in [-0.1, -0.05) is 17.7 Å². The smallest absolute Gasteiger partial charge is 0.296 e. The van der Waals surface area contributed by atoms with E-state index in [1.165, 1.54) is 4.90 Å². The zero-order valence-electron chi connectivity index (χ0n) is 17.2. The van der Waals surface area contributed by atoms with Crippen LogP contribution in [0.15, 0.2) is 72.7 Å². The fourth-order valence-electron chi connectivity index (χ4n) is 3.66. The van der Waals surface area contributed by atoms with Gasteiger partial charge in [0.05, 0.1) is 22.9 Å². The number of benzene rings is 1. The minimum atomic E-state index is -0.879. The van der Waals surface area contributed by atoms with Crippen LogP contribution < -0.4 is 4.74 Å². The SMILES string of the molecule is CCOc1ccc(Cl)c(/C(O)=C2\C(=O)C(=O)N(Cc3ccncc3)C2c2ccccn2)c1. The molecule has 162 valence electrons. The van der Waals surface area contributed by atoms with Gasteiger partial charge < -0.3 is 14.7 Å². The third-order valence-corrected chi connectivity index (χ3v) is 5.44. The van der Waals surface area contributed by atoms with Crippen LogP contribution in [-0.2, 0) is 16.1 Å². The first-order chi connectivity index (χ1) is 15.5. The number of pyridine rings is 2. The monoisotopic (exact) mass is 449 g/mol. The Labute approximate surface area is 190 Å². The normalized spacial score (nSPS) is 17.6. The van der Waals surface area contributed by atoms with Crippen LogP contribution in [0.4, 0.5) is 0 Å². The second-order valence-corrected chi connectivity index (χ2v) is 7.52. The van der Waals surface area contributed by atoms with Crippen LogP contribution in [0.3, 0.4) is 0 Å². The zero-order chi connectivity index (χ0) is 22.7. The van der Waals surface area contributed by atoms with E-state index >= 15 is 0 Å². The lowest BCUT2D eigenvalue weighted by Gasteiger charge is -2.24. The van der Waals surface area contributed by atoms with Gasteiger partial charge in [0, 0.05) is 30.7 Å². The van der Waals surface area contributed by atoms with Gasteiger partial charge in [0.25, 0.3) is 11.7 Å². The minimum absolute atomic E-state index is 0.0710. The van der Waals surface area contributed by atoms with Crippen molar-refractivity contribution in [3.8, 4) is 5.75 Å². The van der Waals surface area contributed by atoms with Gasteiger partial charge in [-0.25, -0.2) is 0 Å². The Bertz CT molecular complexity index is 1180. The Hall–Kier alpha value is -3.71. The highest BCUT2D eigenvalue weighted by Gasteiger charge is 2.46. The summed E-state index contributed by atoms with van der Waals surface area (Å²) in [5.74, 6) is -1.41. The van der Waals surface area contributed by atoms with Crippen LogP contribution in [0.2, 0.25) is 5.02 Å². The van der Waals surface area contributed by atoms with Crippen molar-refractivity contribution in [3.63, 3.8) is 0 Å². The van der Waals surface area contributed by atoms with Gasteiger partial charge in [0.1, 0.15) is 17.6 Å². The number of rotatable bonds is 6. The fraction of sp³-hybridized carbons (Fsp3) is 0.167. The summed E-state index contributed by atoms with van der Waals surface area (Å²) in [5.41, 5.74) is 1.39. The number of carbonyl (C=O) groups is 2. The number of hydrogen-bond acceptors (Lipinski definition) is 6. The van der Waals surface area contributed by atoms with E-state index in [9.17, 15) is 14.7 Å². The lowest BCUT2D eigenvalue weighted by Crippen LogP contribution is -2.29. The maximum atomic E-state index is 13.1. The number of carbonyl (C=O) groups excluding carboxylic acids is 2. The first-order valence-electron chi connectivity index (χ1n) is 10.0. The van der Waals surface area contributed by atoms with Crippen molar-refractivity contribution in [2.24, 2.45) is 0 Å². The van der Waals surface area contributed by atoms with Gasteiger partial charge in [-0.15, -0.1) is 0 Å². The number of amides is 1. The van der Waals surface area contributed by atoms with Gasteiger partial charge in [0.2, 0.25) is 0 Å². The number of aliphatic hydroxyl groups is 1. The molecule has 1 unspecified atom stereocenters. The minimum Gasteiger partial charge on any atom is -0.507 e. The molecule has 1 N–H and O–H groups in total. The van der Waals surface area contributed by atoms with Crippen LogP contribution in [0.25, 0.3) is 5.76 Å². The maximum Gasteiger partial charge on any atom is 0.296 e. The fourth-order valence-corrected chi connectivity index (χ4v) is 3.87. The van der Waals surface area contributed by atoms with E-state index in [4.69, 9.17) is 16.3 Å². The van der Waals surface area contributed by atoms with E-state index in [1.807, 2.05) is 6.92 Å². The molecular formula is C24H20ClN3O4. The maximum absolute atomic E-state index is 13.1. The summed E-state index contributed by atoms with van der Waals surface area (Å²) in [6.45, 7) is 2.41. The van der Waals surface area contributed by atoms with Gasteiger partial charge in [-0.3, -0.25) is 19.6 Å². The third kappa shape index (κ3) is 4.07. The molecule has 0 saturated carbocycles. The Balaban J connectivity index is 1.87. The van der Waals surface area contributed by atoms with Crippen molar-refractivity contribution in [1.82, 2.24) is 14.9 Å². The van der Waals surface area contributed by atoms with Crippen molar-refractivity contribution in [3.05, 3.63) is 94.5 Å². The summed E-state index contributed by atoms with van der Waals surface area (Å²) in [7, 11) is 0. The number of hydrogen-bond donors (Lipinski definition) is 1. The van der Waals surface area contributed by atoms with Crippen molar-refractivity contribution < 1.29 is 19.4 Å². The molecular weight excluding hydrogens is 430 g/mol. The summed E-state index contributed by atoms with van der Waals surface area (Å²) >= 11 is 6.33. The number of Topliss-reactive ketones (excluding diaryl/α,β-unsaturated/α-hetero) is 1. The molecule has 0 spiro atoms. The predicted octanol–water partition coefficient (Wildman–Crippen LogP) is 4.15. The molecule has 1 amide bonds. The number of aromatic nitrogens is 2. The number of ketones is 1. The van der Waals surface area contributed by atoms with Crippen LogP contribution in [0, 0.1) is 0 Å². The summed E-state index contributed by atoms with van der Waals surface area (Å²) in [6.07, 6.45) is 4.80. The van der Waals surface area contributed by atoms with E-state index in [-0.39, 0.29) is 28.5 Å². The Morgan fingerprint density at radius 1 is 1.12 bits per heavy atom. The molecule has 1 atom stereocenters. The molecule has 8 heteroatoms. The first kappa shape index (κ1) is 21.5. The lowest BCUT2D eigenvalue weighted by molar-refractivity contribution is -0.140. The van der Waals surface area contributed by atoms with E-state index in [0.29, 0.717) is 18.1 Å². The van der Waals surface area contributed by atoms with Gasteiger partial charge >= 0.3 is 0 Å². The van der Waals surface area contributed by atoms with Crippen molar-refractivity contribution in [2.45, 2.75) is 19.5 Å². The Kier molecular flexibility index (Phi) is 6.18. The molecule has 4 rings (SSSR count). The molecule has 0 bridgehead atoms. The molecule has 1 aliphatic heterocycles. The highest BCUT2D eigenvalue weighted by Crippen LogP contribution is 2.41. The third-order valence-electron chi connectivity index (χ3n) is 5.11. The highest BCUT2D eigenvalue weighted by molar-refractivity contribution is 6.46. The molecule has 1 fully saturated rings. The van der Waals surface area contributed by atoms with Gasteiger partial charge in [0.15, 0.2) is 0 Å². The van der Waals surface area contributed by atoms with E-state index < -0.39 is 17.7 Å². The molecule has 3 heterocycles. The number of ether oxygens (including phenoxy) is 1. The largest absolute Gasteiger partial charge is 0.507 e. The Morgan fingerprint density at radius 2 is 1.91 bits per heavy atom. The predicted molar refractivity (Wildman–Crippen MR) is 119 cm³/mol. The van der Waals surface area contributed by atoms with Crippen molar-refractivity contribution in [2.75, 3.05) is 6.61 Å². The quantitative estimate of drug-likeness (QED) is 0.345. The van der Waals surface area contributed by atoms with Crippen LogP contribution in [-0.4, -0.2) is 38.3 Å². The summed E-state index contributed by atoms with van der Waals surface area (Å²) in [6, 6.07) is 12.6.